The molecule has 0 amide bonds. The summed E-state index contributed by atoms with van der Waals surface area (Å²) in [4.78, 5) is 10.6. The molecule has 4 heterocycles. The maximum atomic E-state index is 5.36. The summed E-state index contributed by atoms with van der Waals surface area (Å²) in [6, 6.07) is 61.2. The van der Waals surface area contributed by atoms with Gasteiger partial charge in [-0.1, -0.05) is 140 Å². The first-order valence-corrected chi connectivity index (χ1v) is 21.3. The van der Waals surface area contributed by atoms with Gasteiger partial charge in [0.1, 0.15) is 8.07 Å². The van der Waals surface area contributed by atoms with Gasteiger partial charge in [-0.2, -0.15) is 0 Å². The minimum Gasteiger partial charge on any atom is -0.309 e. The van der Waals surface area contributed by atoms with Gasteiger partial charge in [0, 0.05) is 44.0 Å². The standard InChI is InChI=1S/C48H34N4Si/c1-53(2)42-24-14-11-21-38(42)45-47(53)44(49-48(50-45)32-15-5-3-6-16-32)31-25-27-34(28-26-31)51-40-23-13-10-20-37(40)43-41(51)30-29-36-35-19-9-12-22-39(35)52(46(36)43)33-17-7-4-8-18-33/h3-30H,1-2H3. The molecule has 7 aromatic carbocycles. The molecule has 0 N–H and O–H groups in total. The van der Waals surface area contributed by atoms with Crippen LogP contribution in [0.1, 0.15) is 0 Å². The van der Waals surface area contributed by atoms with Crippen LogP contribution in [0.2, 0.25) is 13.1 Å². The van der Waals surface area contributed by atoms with Gasteiger partial charge in [0.25, 0.3) is 0 Å². The summed E-state index contributed by atoms with van der Waals surface area (Å²) in [5.41, 5.74) is 12.6. The van der Waals surface area contributed by atoms with Crippen molar-refractivity contribution in [3.8, 4) is 45.3 Å². The smallest absolute Gasteiger partial charge is 0.160 e. The molecule has 1 aliphatic rings. The van der Waals surface area contributed by atoms with Crippen LogP contribution in [0, 0.1) is 0 Å². The van der Waals surface area contributed by atoms with Gasteiger partial charge in [-0.3, -0.25) is 0 Å². The van der Waals surface area contributed by atoms with E-state index in [-0.39, 0.29) is 0 Å². The summed E-state index contributed by atoms with van der Waals surface area (Å²) in [5.74, 6) is 0.769. The van der Waals surface area contributed by atoms with Crippen LogP contribution in [-0.4, -0.2) is 27.2 Å². The third-order valence-electron chi connectivity index (χ3n) is 11.3. The minimum atomic E-state index is -2.08. The van der Waals surface area contributed by atoms with Crippen LogP contribution in [0.3, 0.4) is 0 Å². The second-order valence-electron chi connectivity index (χ2n) is 14.6. The zero-order valence-corrected chi connectivity index (χ0v) is 30.5. The second kappa shape index (κ2) is 11.2. The van der Waals surface area contributed by atoms with E-state index in [1.54, 1.807) is 0 Å². The Morgan fingerprint density at radius 2 is 1.04 bits per heavy atom. The lowest BCUT2D eigenvalue weighted by Gasteiger charge is -2.21. The molecular formula is C48H34N4Si. The highest BCUT2D eigenvalue weighted by molar-refractivity contribution is 7.04. The molecule has 0 unspecified atom stereocenters. The lowest BCUT2D eigenvalue weighted by Crippen LogP contribution is -2.50. The molecule has 0 bridgehead atoms. The van der Waals surface area contributed by atoms with Crippen molar-refractivity contribution in [2.24, 2.45) is 0 Å². The summed E-state index contributed by atoms with van der Waals surface area (Å²) in [7, 11) is -2.08. The molecule has 0 fully saturated rings. The number of hydrogen-bond acceptors (Lipinski definition) is 2. The van der Waals surface area contributed by atoms with E-state index < -0.39 is 8.07 Å². The zero-order valence-electron chi connectivity index (χ0n) is 29.5. The van der Waals surface area contributed by atoms with Crippen molar-refractivity contribution >= 4 is 62.1 Å². The lowest BCUT2D eigenvalue weighted by atomic mass is 10.1. The number of rotatable bonds is 4. The van der Waals surface area contributed by atoms with Crippen LogP contribution >= 0.6 is 0 Å². The Hall–Kier alpha value is -6.56. The fourth-order valence-corrected chi connectivity index (χ4v) is 12.2. The summed E-state index contributed by atoms with van der Waals surface area (Å²) in [6.45, 7) is 4.88. The van der Waals surface area contributed by atoms with Crippen molar-refractivity contribution in [2.75, 3.05) is 0 Å². The SMILES string of the molecule is C[Si]1(C)c2ccccc2-c2nc(-c3ccccc3)nc(-c3ccc(-n4c5ccccc5c5c4ccc4c6ccccc6n(-c6ccccc6)c45)cc3)c21. The fourth-order valence-electron chi connectivity index (χ4n) is 8.94. The van der Waals surface area contributed by atoms with E-state index in [2.05, 4.69) is 186 Å². The zero-order chi connectivity index (χ0) is 35.3. The monoisotopic (exact) mass is 694 g/mol. The molecule has 53 heavy (non-hydrogen) atoms. The summed E-state index contributed by atoms with van der Waals surface area (Å²) < 4.78 is 4.87. The largest absolute Gasteiger partial charge is 0.309 e. The Labute approximate surface area is 308 Å². The molecule has 1 aliphatic heterocycles. The molecule has 0 saturated heterocycles. The highest BCUT2D eigenvalue weighted by atomic mass is 28.3. The Kier molecular flexibility index (Phi) is 6.37. The van der Waals surface area contributed by atoms with Gasteiger partial charge in [-0.05, 0) is 58.4 Å². The van der Waals surface area contributed by atoms with Gasteiger partial charge in [0.05, 0.1) is 33.5 Å². The van der Waals surface area contributed by atoms with Crippen molar-refractivity contribution in [1.82, 2.24) is 19.1 Å². The number of aromatic nitrogens is 4. The highest BCUT2D eigenvalue weighted by Gasteiger charge is 2.41. The first-order valence-electron chi connectivity index (χ1n) is 18.3. The number of fused-ring (bicyclic) bond motifs is 10. The minimum absolute atomic E-state index is 0.769. The van der Waals surface area contributed by atoms with Crippen LogP contribution in [-0.2, 0) is 0 Å². The average molecular weight is 695 g/mol. The molecule has 0 spiro atoms. The Balaban J connectivity index is 1.14. The van der Waals surface area contributed by atoms with Crippen molar-refractivity contribution in [2.45, 2.75) is 13.1 Å². The molecule has 3 aromatic heterocycles. The fraction of sp³-hybridized carbons (Fsp3) is 0.0417. The van der Waals surface area contributed by atoms with Crippen molar-refractivity contribution in [3.05, 3.63) is 170 Å². The predicted octanol–water partition coefficient (Wildman–Crippen LogP) is 10.8. The Morgan fingerprint density at radius 3 is 1.81 bits per heavy atom. The van der Waals surface area contributed by atoms with Crippen LogP contribution < -0.4 is 10.4 Å². The highest BCUT2D eigenvalue weighted by Crippen LogP contribution is 2.42. The van der Waals surface area contributed by atoms with Gasteiger partial charge in [0.2, 0.25) is 0 Å². The Morgan fingerprint density at radius 1 is 0.434 bits per heavy atom. The maximum Gasteiger partial charge on any atom is 0.160 e. The molecule has 11 rings (SSSR count). The molecule has 10 aromatic rings. The molecule has 250 valence electrons. The third kappa shape index (κ3) is 4.29. The topological polar surface area (TPSA) is 35.6 Å². The first-order chi connectivity index (χ1) is 26.1. The molecule has 0 atom stereocenters. The van der Waals surface area contributed by atoms with Gasteiger partial charge in [-0.25, -0.2) is 9.97 Å². The number of para-hydroxylation sites is 3. The molecule has 0 aliphatic carbocycles. The van der Waals surface area contributed by atoms with Crippen LogP contribution in [0.5, 0.6) is 0 Å². The maximum absolute atomic E-state index is 5.36. The normalized spacial score (nSPS) is 13.2. The van der Waals surface area contributed by atoms with Crippen LogP contribution in [0.15, 0.2) is 170 Å². The van der Waals surface area contributed by atoms with Crippen LogP contribution in [0.4, 0.5) is 0 Å². The van der Waals surface area contributed by atoms with Gasteiger partial charge in [0.15, 0.2) is 5.82 Å². The number of benzene rings is 7. The van der Waals surface area contributed by atoms with Gasteiger partial charge < -0.3 is 9.13 Å². The van der Waals surface area contributed by atoms with E-state index in [0.29, 0.717) is 0 Å². The quantitative estimate of drug-likeness (QED) is 0.172. The van der Waals surface area contributed by atoms with E-state index >= 15 is 0 Å². The summed E-state index contributed by atoms with van der Waals surface area (Å²) in [6.07, 6.45) is 0. The lowest BCUT2D eigenvalue weighted by molar-refractivity contribution is 1.17. The van der Waals surface area contributed by atoms with Crippen LogP contribution in [0.25, 0.3) is 88.9 Å². The number of nitrogens with zero attached hydrogens (tertiary/aromatic N) is 4. The van der Waals surface area contributed by atoms with E-state index in [0.717, 1.165) is 39.7 Å². The van der Waals surface area contributed by atoms with Gasteiger partial charge >= 0.3 is 0 Å². The van der Waals surface area contributed by atoms with Gasteiger partial charge in [-0.15, -0.1) is 0 Å². The molecule has 4 nitrogen and oxygen atoms in total. The van der Waals surface area contributed by atoms with E-state index in [4.69, 9.17) is 9.97 Å². The van der Waals surface area contributed by atoms with Crippen molar-refractivity contribution in [1.29, 1.82) is 0 Å². The summed E-state index contributed by atoms with van der Waals surface area (Å²) >= 11 is 0. The van der Waals surface area contributed by atoms with E-state index in [1.165, 1.54) is 59.5 Å². The molecular weight excluding hydrogens is 661 g/mol. The molecule has 0 radical (unpaired) electrons. The Bertz CT molecular complexity index is 3070. The third-order valence-corrected chi connectivity index (χ3v) is 14.8. The van der Waals surface area contributed by atoms with Crippen molar-refractivity contribution < 1.29 is 0 Å². The second-order valence-corrected chi connectivity index (χ2v) is 18.9. The predicted molar refractivity (Wildman–Crippen MR) is 224 cm³/mol. The van der Waals surface area contributed by atoms with E-state index in [9.17, 15) is 0 Å². The van der Waals surface area contributed by atoms with Crippen molar-refractivity contribution in [3.63, 3.8) is 0 Å². The summed E-state index contributed by atoms with van der Waals surface area (Å²) in [5, 5.41) is 7.76. The first kappa shape index (κ1) is 30.1. The number of hydrogen-bond donors (Lipinski definition) is 0. The average Bonchev–Trinajstić information content (AvgIpc) is 3.82. The molecule has 5 heteroatoms. The van der Waals surface area contributed by atoms with E-state index in [1.807, 2.05) is 6.07 Å². The molecule has 0 saturated carbocycles.